The molecule has 0 fully saturated rings. The van der Waals surface area contributed by atoms with Crippen LogP contribution in [0.4, 0.5) is 11.5 Å². The predicted octanol–water partition coefficient (Wildman–Crippen LogP) is 1.65. The maximum Gasteiger partial charge on any atom is 0.149 e. The molecule has 12 heavy (non-hydrogen) atoms. The van der Waals surface area contributed by atoms with Crippen LogP contribution >= 0.6 is 0 Å². The van der Waals surface area contributed by atoms with E-state index in [1.807, 2.05) is 13.0 Å². The molecule has 0 aliphatic rings. The number of anilines is 2. The van der Waals surface area contributed by atoms with Crippen molar-refractivity contribution in [1.82, 2.24) is 4.98 Å². The highest BCUT2D eigenvalue weighted by atomic mass is 15.0. The molecule has 3 N–H and O–H groups in total. The maximum atomic E-state index is 5.66. The molecule has 0 aromatic carbocycles. The minimum atomic E-state index is 0.183. The van der Waals surface area contributed by atoms with Crippen LogP contribution in [0.1, 0.15) is 6.92 Å². The molecule has 1 heterocycles. The molecule has 0 spiro atoms. The number of hydrogen-bond acceptors (Lipinski definition) is 3. The van der Waals surface area contributed by atoms with Crippen molar-refractivity contribution >= 4 is 11.5 Å². The SMILES string of the molecule is C=CC(C)Nc1ncccc1N. The molecule has 0 bridgehead atoms. The zero-order chi connectivity index (χ0) is 8.97. The number of pyridine rings is 1. The van der Waals surface area contributed by atoms with Gasteiger partial charge in [-0.2, -0.15) is 0 Å². The molecular formula is C9H13N3. The molecule has 64 valence electrons. The zero-order valence-corrected chi connectivity index (χ0v) is 7.12. The first-order valence-electron chi connectivity index (χ1n) is 3.83. The van der Waals surface area contributed by atoms with Gasteiger partial charge in [0.25, 0.3) is 0 Å². The minimum Gasteiger partial charge on any atom is -0.396 e. The van der Waals surface area contributed by atoms with E-state index in [0.29, 0.717) is 11.5 Å². The quantitative estimate of drug-likeness (QED) is 0.666. The average Bonchev–Trinajstić information content (AvgIpc) is 2.09. The highest BCUT2D eigenvalue weighted by Crippen LogP contribution is 2.13. The molecule has 1 rings (SSSR count). The van der Waals surface area contributed by atoms with Crippen molar-refractivity contribution in [3.63, 3.8) is 0 Å². The molecule has 0 amide bonds. The van der Waals surface area contributed by atoms with Gasteiger partial charge in [-0.15, -0.1) is 6.58 Å². The summed E-state index contributed by atoms with van der Waals surface area (Å²) >= 11 is 0. The lowest BCUT2D eigenvalue weighted by molar-refractivity contribution is 0.985. The van der Waals surface area contributed by atoms with Gasteiger partial charge in [-0.3, -0.25) is 0 Å². The van der Waals surface area contributed by atoms with Crippen LogP contribution in [0.25, 0.3) is 0 Å². The van der Waals surface area contributed by atoms with Gasteiger partial charge in [-0.1, -0.05) is 6.08 Å². The second-order valence-corrected chi connectivity index (χ2v) is 2.61. The summed E-state index contributed by atoms with van der Waals surface area (Å²) in [6.07, 6.45) is 3.50. The number of rotatable bonds is 3. The Morgan fingerprint density at radius 3 is 3.08 bits per heavy atom. The molecule has 3 heteroatoms. The Morgan fingerprint density at radius 1 is 1.75 bits per heavy atom. The Labute approximate surface area is 72.3 Å². The van der Waals surface area contributed by atoms with E-state index < -0.39 is 0 Å². The molecule has 3 nitrogen and oxygen atoms in total. The fourth-order valence-electron chi connectivity index (χ4n) is 0.813. The number of aromatic nitrogens is 1. The molecular weight excluding hydrogens is 150 g/mol. The summed E-state index contributed by atoms with van der Waals surface area (Å²) in [6.45, 7) is 5.64. The molecule has 1 atom stereocenters. The number of nitrogens with zero attached hydrogens (tertiary/aromatic N) is 1. The van der Waals surface area contributed by atoms with Crippen molar-refractivity contribution in [2.24, 2.45) is 0 Å². The van der Waals surface area contributed by atoms with E-state index in [2.05, 4.69) is 16.9 Å². The zero-order valence-electron chi connectivity index (χ0n) is 7.12. The molecule has 1 aromatic heterocycles. The Balaban J connectivity index is 2.75. The first-order chi connectivity index (χ1) is 5.74. The second-order valence-electron chi connectivity index (χ2n) is 2.61. The Bertz CT molecular complexity index is 270. The summed E-state index contributed by atoms with van der Waals surface area (Å²) in [5.41, 5.74) is 6.32. The van der Waals surface area contributed by atoms with Crippen LogP contribution in [-0.2, 0) is 0 Å². The minimum absolute atomic E-state index is 0.183. The average molecular weight is 163 g/mol. The smallest absolute Gasteiger partial charge is 0.149 e. The highest BCUT2D eigenvalue weighted by molar-refractivity contribution is 5.60. The topological polar surface area (TPSA) is 50.9 Å². The summed E-state index contributed by atoms with van der Waals surface area (Å²) in [5, 5.41) is 3.11. The van der Waals surface area contributed by atoms with Gasteiger partial charge in [0.1, 0.15) is 5.82 Å². The largest absolute Gasteiger partial charge is 0.396 e. The van der Waals surface area contributed by atoms with Gasteiger partial charge < -0.3 is 11.1 Å². The van der Waals surface area contributed by atoms with Crippen LogP contribution in [0.5, 0.6) is 0 Å². The van der Waals surface area contributed by atoms with Crippen LogP contribution in [0.3, 0.4) is 0 Å². The van der Waals surface area contributed by atoms with E-state index in [4.69, 9.17) is 5.73 Å². The lowest BCUT2D eigenvalue weighted by atomic mass is 10.3. The van der Waals surface area contributed by atoms with Crippen LogP contribution in [0.2, 0.25) is 0 Å². The van der Waals surface area contributed by atoms with E-state index in [1.54, 1.807) is 18.3 Å². The Hall–Kier alpha value is -1.51. The summed E-state index contributed by atoms with van der Waals surface area (Å²) in [7, 11) is 0. The number of nitrogen functional groups attached to an aromatic ring is 1. The number of nitrogens with one attached hydrogen (secondary N) is 1. The normalized spacial score (nSPS) is 12.1. The summed E-state index contributed by atoms with van der Waals surface area (Å²) < 4.78 is 0. The fourth-order valence-corrected chi connectivity index (χ4v) is 0.813. The molecule has 0 radical (unpaired) electrons. The van der Waals surface area contributed by atoms with E-state index in [1.165, 1.54) is 0 Å². The van der Waals surface area contributed by atoms with Gasteiger partial charge in [-0.25, -0.2) is 4.98 Å². The van der Waals surface area contributed by atoms with Gasteiger partial charge in [0.15, 0.2) is 0 Å². The lowest BCUT2D eigenvalue weighted by Crippen LogP contribution is -2.13. The third kappa shape index (κ3) is 1.99. The van der Waals surface area contributed by atoms with Crippen molar-refractivity contribution in [3.8, 4) is 0 Å². The molecule has 0 aliphatic heterocycles. The first kappa shape index (κ1) is 8.59. The third-order valence-electron chi connectivity index (χ3n) is 1.56. The standard InChI is InChI=1S/C9H13N3/c1-3-7(2)12-9-8(10)5-4-6-11-9/h3-7H,1,10H2,2H3,(H,11,12). The van der Waals surface area contributed by atoms with Crippen LogP contribution in [0.15, 0.2) is 31.0 Å². The highest BCUT2D eigenvalue weighted by Gasteiger charge is 2.00. The summed E-state index contributed by atoms with van der Waals surface area (Å²) in [4.78, 5) is 4.08. The Kier molecular flexibility index (Phi) is 2.69. The number of nitrogens with two attached hydrogens (primary N) is 1. The molecule has 0 aliphatic carbocycles. The monoisotopic (exact) mass is 163 g/mol. The van der Waals surface area contributed by atoms with Crippen molar-refractivity contribution in [1.29, 1.82) is 0 Å². The first-order valence-corrected chi connectivity index (χ1v) is 3.83. The maximum absolute atomic E-state index is 5.66. The molecule has 0 saturated carbocycles. The van der Waals surface area contributed by atoms with Gasteiger partial charge >= 0.3 is 0 Å². The fraction of sp³-hybridized carbons (Fsp3) is 0.222. The molecule has 0 saturated heterocycles. The van der Waals surface area contributed by atoms with E-state index in [-0.39, 0.29) is 6.04 Å². The summed E-state index contributed by atoms with van der Waals surface area (Å²) in [5.74, 6) is 0.713. The predicted molar refractivity (Wildman–Crippen MR) is 51.9 cm³/mol. The second kappa shape index (κ2) is 3.76. The van der Waals surface area contributed by atoms with Crippen LogP contribution in [0, 0.1) is 0 Å². The summed E-state index contributed by atoms with van der Waals surface area (Å²) in [6, 6.07) is 3.80. The van der Waals surface area contributed by atoms with Crippen molar-refractivity contribution in [2.75, 3.05) is 11.1 Å². The van der Waals surface area contributed by atoms with Gasteiger partial charge in [0, 0.05) is 12.2 Å². The lowest BCUT2D eigenvalue weighted by Gasteiger charge is -2.10. The van der Waals surface area contributed by atoms with Crippen molar-refractivity contribution in [3.05, 3.63) is 31.0 Å². The van der Waals surface area contributed by atoms with Crippen LogP contribution < -0.4 is 11.1 Å². The van der Waals surface area contributed by atoms with Crippen molar-refractivity contribution in [2.45, 2.75) is 13.0 Å². The van der Waals surface area contributed by atoms with E-state index in [0.717, 1.165) is 0 Å². The van der Waals surface area contributed by atoms with Crippen molar-refractivity contribution < 1.29 is 0 Å². The van der Waals surface area contributed by atoms with Gasteiger partial charge in [-0.05, 0) is 19.1 Å². The molecule has 1 unspecified atom stereocenters. The van der Waals surface area contributed by atoms with Gasteiger partial charge in [0.2, 0.25) is 0 Å². The van der Waals surface area contributed by atoms with Gasteiger partial charge in [0.05, 0.1) is 5.69 Å². The Morgan fingerprint density at radius 2 is 2.50 bits per heavy atom. The molecule has 1 aromatic rings. The third-order valence-corrected chi connectivity index (χ3v) is 1.56. The van der Waals surface area contributed by atoms with Crippen LogP contribution in [-0.4, -0.2) is 11.0 Å². The van der Waals surface area contributed by atoms with E-state index in [9.17, 15) is 0 Å². The number of hydrogen-bond donors (Lipinski definition) is 2. The van der Waals surface area contributed by atoms with E-state index >= 15 is 0 Å².